The molecule has 0 atom stereocenters. The van der Waals surface area contributed by atoms with Gasteiger partial charge in [-0.15, -0.1) is 0 Å². The molecule has 1 rings (SSSR count). The lowest BCUT2D eigenvalue weighted by molar-refractivity contribution is 0.508. The van der Waals surface area contributed by atoms with Crippen molar-refractivity contribution in [2.24, 2.45) is 10.7 Å². The normalized spacial score (nSPS) is 12.4. The van der Waals surface area contributed by atoms with E-state index in [-0.39, 0.29) is 5.54 Å². The minimum Gasteiger partial charge on any atom is -0.370 e. The van der Waals surface area contributed by atoms with Gasteiger partial charge in [-0.25, -0.2) is 15.0 Å². The molecule has 0 fully saturated rings. The third-order valence-electron chi connectivity index (χ3n) is 2.02. The third kappa shape index (κ3) is 4.99. The monoisotopic (exact) mass is 250 g/mol. The zero-order valence-electron chi connectivity index (χ0n) is 11.7. The standard InChI is InChI=1S/C12H22N6/c1-12(2,3)17-10(13)15-8-9-6-7-14-11(16-9)18(4)5/h6-7H,8H2,1-5H3,(H3,13,15,17). The largest absolute Gasteiger partial charge is 0.370 e. The van der Waals surface area contributed by atoms with Gasteiger partial charge in [-0.3, -0.25) is 0 Å². The summed E-state index contributed by atoms with van der Waals surface area (Å²) in [7, 11) is 3.80. The van der Waals surface area contributed by atoms with Crippen LogP contribution in [-0.4, -0.2) is 35.6 Å². The molecule has 1 aromatic rings. The van der Waals surface area contributed by atoms with E-state index in [9.17, 15) is 0 Å². The number of nitrogens with zero attached hydrogens (tertiary/aromatic N) is 4. The van der Waals surface area contributed by atoms with E-state index in [1.54, 1.807) is 6.20 Å². The Hall–Kier alpha value is -1.85. The summed E-state index contributed by atoms with van der Waals surface area (Å²) in [5.41, 5.74) is 6.54. The highest BCUT2D eigenvalue weighted by Crippen LogP contribution is 2.04. The Kier molecular flexibility index (Phi) is 4.47. The smallest absolute Gasteiger partial charge is 0.225 e. The number of aliphatic imine (C=N–C) groups is 1. The molecule has 0 aliphatic rings. The van der Waals surface area contributed by atoms with Crippen LogP contribution in [0.5, 0.6) is 0 Å². The Morgan fingerprint density at radius 3 is 2.67 bits per heavy atom. The van der Waals surface area contributed by atoms with Crippen LogP contribution < -0.4 is 16.0 Å². The van der Waals surface area contributed by atoms with Gasteiger partial charge in [0, 0.05) is 25.8 Å². The van der Waals surface area contributed by atoms with Crippen LogP contribution in [0.15, 0.2) is 17.3 Å². The molecule has 1 aromatic heterocycles. The summed E-state index contributed by atoms with van der Waals surface area (Å²) >= 11 is 0. The molecule has 18 heavy (non-hydrogen) atoms. The minimum absolute atomic E-state index is 0.0892. The number of hydrogen-bond acceptors (Lipinski definition) is 4. The number of aromatic nitrogens is 2. The molecular formula is C12H22N6. The first-order valence-corrected chi connectivity index (χ1v) is 5.85. The van der Waals surface area contributed by atoms with Gasteiger partial charge >= 0.3 is 0 Å². The van der Waals surface area contributed by atoms with Crippen LogP contribution in [0.1, 0.15) is 26.5 Å². The summed E-state index contributed by atoms with van der Waals surface area (Å²) in [6.45, 7) is 6.54. The van der Waals surface area contributed by atoms with E-state index in [4.69, 9.17) is 5.73 Å². The molecule has 0 radical (unpaired) electrons. The maximum Gasteiger partial charge on any atom is 0.225 e. The van der Waals surface area contributed by atoms with Crippen LogP contribution in [0.3, 0.4) is 0 Å². The first-order valence-electron chi connectivity index (χ1n) is 5.85. The molecule has 6 nitrogen and oxygen atoms in total. The number of nitrogens with one attached hydrogen (secondary N) is 1. The van der Waals surface area contributed by atoms with Gasteiger partial charge < -0.3 is 16.0 Å². The Morgan fingerprint density at radius 2 is 2.11 bits per heavy atom. The molecule has 0 spiro atoms. The highest BCUT2D eigenvalue weighted by molar-refractivity contribution is 5.78. The van der Waals surface area contributed by atoms with Gasteiger partial charge in [0.2, 0.25) is 5.95 Å². The number of anilines is 1. The van der Waals surface area contributed by atoms with E-state index in [0.29, 0.717) is 18.5 Å². The summed E-state index contributed by atoms with van der Waals surface area (Å²) in [4.78, 5) is 14.6. The van der Waals surface area contributed by atoms with Crippen LogP contribution >= 0.6 is 0 Å². The zero-order chi connectivity index (χ0) is 13.8. The van der Waals surface area contributed by atoms with Crippen LogP contribution in [0.25, 0.3) is 0 Å². The van der Waals surface area contributed by atoms with Crippen molar-refractivity contribution in [2.75, 3.05) is 19.0 Å². The van der Waals surface area contributed by atoms with Crippen LogP contribution in [-0.2, 0) is 6.54 Å². The van der Waals surface area contributed by atoms with Gasteiger partial charge in [0.05, 0.1) is 12.2 Å². The molecular weight excluding hydrogens is 228 g/mol. The highest BCUT2D eigenvalue weighted by Gasteiger charge is 2.09. The molecule has 0 amide bonds. The summed E-state index contributed by atoms with van der Waals surface area (Å²) in [6, 6.07) is 1.83. The average Bonchev–Trinajstić information content (AvgIpc) is 2.24. The van der Waals surface area contributed by atoms with Crippen molar-refractivity contribution in [3.05, 3.63) is 18.0 Å². The molecule has 0 bridgehead atoms. The second-order valence-corrected chi connectivity index (χ2v) is 5.32. The summed E-state index contributed by atoms with van der Waals surface area (Å²) < 4.78 is 0. The van der Waals surface area contributed by atoms with Crippen molar-refractivity contribution in [1.82, 2.24) is 15.3 Å². The predicted molar refractivity (Wildman–Crippen MR) is 74.6 cm³/mol. The molecule has 0 aliphatic heterocycles. The molecule has 100 valence electrons. The number of rotatable bonds is 3. The Labute approximate surface area is 108 Å². The van der Waals surface area contributed by atoms with Gasteiger partial charge in [0.1, 0.15) is 0 Å². The van der Waals surface area contributed by atoms with Crippen molar-refractivity contribution in [2.45, 2.75) is 32.9 Å². The number of guanidine groups is 1. The zero-order valence-corrected chi connectivity index (χ0v) is 11.7. The fourth-order valence-electron chi connectivity index (χ4n) is 1.28. The van der Waals surface area contributed by atoms with E-state index < -0.39 is 0 Å². The van der Waals surface area contributed by atoms with E-state index in [0.717, 1.165) is 5.69 Å². The topological polar surface area (TPSA) is 79.4 Å². The maximum atomic E-state index is 5.79. The lowest BCUT2D eigenvalue weighted by Gasteiger charge is -2.20. The molecule has 0 saturated carbocycles. The van der Waals surface area contributed by atoms with Crippen molar-refractivity contribution in [3.63, 3.8) is 0 Å². The lowest BCUT2D eigenvalue weighted by atomic mass is 10.1. The molecule has 0 saturated heterocycles. The van der Waals surface area contributed by atoms with E-state index in [2.05, 4.69) is 20.3 Å². The Bertz CT molecular complexity index is 419. The quantitative estimate of drug-likeness (QED) is 0.611. The highest BCUT2D eigenvalue weighted by atomic mass is 15.2. The summed E-state index contributed by atoms with van der Waals surface area (Å²) in [6.07, 6.45) is 1.72. The first kappa shape index (κ1) is 14.2. The third-order valence-corrected chi connectivity index (χ3v) is 2.02. The van der Waals surface area contributed by atoms with E-state index in [1.807, 2.05) is 45.8 Å². The van der Waals surface area contributed by atoms with Crippen LogP contribution in [0.4, 0.5) is 5.95 Å². The van der Waals surface area contributed by atoms with Gasteiger partial charge in [0.15, 0.2) is 5.96 Å². The maximum absolute atomic E-state index is 5.79. The van der Waals surface area contributed by atoms with Crippen LogP contribution in [0, 0.1) is 0 Å². The summed E-state index contributed by atoms with van der Waals surface area (Å²) in [5, 5.41) is 3.10. The van der Waals surface area contributed by atoms with Crippen molar-refractivity contribution >= 4 is 11.9 Å². The molecule has 6 heteroatoms. The lowest BCUT2D eigenvalue weighted by Crippen LogP contribution is -2.45. The summed E-state index contributed by atoms with van der Waals surface area (Å²) in [5.74, 6) is 1.09. The Morgan fingerprint density at radius 1 is 1.44 bits per heavy atom. The van der Waals surface area contributed by atoms with Crippen molar-refractivity contribution in [1.29, 1.82) is 0 Å². The Balaban J connectivity index is 2.68. The molecule has 0 unspecified atom stereocenters. The van der Waals surface area contributed by atoms with E-state index in [1.165, 1.54) is 0 Å². The SMILES string of the molecule is CN(C)c1nccc(CN=C(N)NC(C)(C)C)n1. The van der Waals surface area contributed by atoms with E-state index >= 15 is 0 Å². The van der Waals surface area contributed by atoms with Gasteiger partial charge in [0.25, 0.3) is 0 Å². The predicted octanol–water partition coefficient (Wildman–Crippen LogP) is 0.745. The number of nitrogens with two attached hydrogens (primary N) is 1. The van der Waals surface area contributed by atoms with Crippen molar-refractivity contribution in [3.8, 4) is 0 Å². The molecule has 1 heterocycles. The van der Waals surface area contributed by atoms with Gasteiger partial charge in [-0.1, -0.05) is 0 Å². The fraction of sp³-hybridized carbons (Fsp3) is 0.583. The molecule has 0 aromatic carbocycles. The molecule has 0 aliphatic carbocycles. The van der Waals surface area contributed by atoms with Gasteiger partial charge in [-0.05, 0) is 26.8 Å². The second-order valence-electron chi connectivity index (χ2n) is 5.32. The van der Waals surface area contributed by atoms with Gasteiger partial charge in [-0.2, -0.15) is 0 Å². The van der Waals surface area contributed by atoms with Crippen molar-refractivity contribution < 1.29 is 0 Å². The average molecular weight is 250 g/mol. The number of hydrogen-bond donors (Lipinski definition) is 2. The molecule has 3 N–H and O–H groups in total. The first-order chi connectivity index (χ1) is 8.28. The minimum atomic E-state index is -0.0892. The van der Waals surface area contributed by atoms with Crippen LogP contribution in [0.2, 0.25) is 0 Å². The second kappa shape index (κ2) is 5.66. The fourth-order valence-corrected chi connectivity index (χ4v) is 1.28.